The summed E-state index contributed by atoms with van der Waals surface area (Å²) in [7, 11) is 2.01. The molecule has 43 heavy (non-hydrogen) atoms. The summed E-state index contributed by atoms with van der Waals surface area (Å²) >= 11 is 3.44. The van der Waals surface area contributed by atoms with Crippen LogP contribution in [0.5, 0.6) is 5.75 Å². The number of anilines is 2. The zero-order valence-corrected chi connectivity index (χ0v) is 29.6. The minimum atomic E-state index is -0.0845. The van der Waals surface area contributed by atoms with Gasteiger partial charge in [-0.3, -0.25) is 9.78 Å². The summed E-state index contributed by atoms with van der Waals surface area (Å²) in [5.74, 6) is 3.02. The SMILES string of the molecule is CC.CC(=O)c1cc(OC2=Cc3nc(Nc4ccc(Br)cc4)n(C)c3CC2)ccn1.CCC(C)C.CCCC(C)NCC. The second-order valence-electron chi connectivity index (χ2n) is 10.7. The van der Waals surface area contributed by atoms with Crippen LogP contribution in [0.15, 0.2) is 52.8 Å². The van der Waals surface area contributed by atoms with Crippen molar-refractivity contribution in [1.82, 2.24) is 19.9 Å². The highest BCUT2D eigenvalue weighted by Gasteiger charge is 2.20. The van der Waals surface area contributed by atoms with Crippen LogP contribution in [0.25, 0.3) is 6.08 Å². The zero-order valence-electron chi connectivity index (χ0n) is 28.1. The largest absolute Gasteiger partial charge is 0.462 e. The Hall–Kier alpha value is -2.97. The summed E-state index contributed by atoms with van der Waals surface area (Å²) in [5, 5.41) is 6.70. The lowest BCUT2D eigenvalue weighted by atomic mass is 10.1. The molecule has 7 nitrogen and oxygen atoms in total. The number of hydrogen-bond acceptors (Lipinski definition) is 6. The Balaban J connectivity index is 0.000000515. The molecule has 1 aromatic carbocycles. The molecule has 3 aromatic rings. The first-order valence-electron chi connectivity index (χ1n) is 15.7. The molecular formula is C35H54BrN5O2. The summed E-state index contributed by atoms with van der Waals surface area (Å²) in [6, 6.07) is 12.1. The smallest absolute Gasteiger partial charge is 0.207 e. The molecule has 0 saturated heterocycles. The number of benzene rings is 1. The first kappa shape index (κ1) is 38.1. The lowest BCUT2D eigenvalue weighted by Crippen LogP contribution is -2.24. The predicted molar refractivity (Wildman–Crippen MR) is 186 cm³/mol. The maximum atomic E-state index is 11.5. The van der Waals surface area contributed by atoms with Gasteiger partial charge < -0.3 is 19.9 Å². The fraction of sp³-hybridized carbons (Fsp3) is 0.514. The van der Waals surface area contributed by atoms with Crippen molar-refractivity contribution in [3.05, 3.63) is 69.9 Å². The molecule has 2 heterocycles. The molecule has 0 spiro atoms. The van der Waals surface area contributed by atoms with E-state index in [9.17, 15) is 4.79 Å². The molecule has 1 atom stereocenters. The summed E-state index contributed by atoms with van der Waals surface area (Å²) in [6.07, 6.45) is 9.03. The predicted octanol–water partition coefficient (Wildman–Crippen LogP) is 9.75. The van der Waals surface area contributed by atoms with Gasteiger partial charge in [-0.05, 0) is 62.6 Å². The number of imidazole rings is 1. The van der Waals surface area contributed by atoms with E-state index in [2.05, 4.69) is 77.7 Å². The number of nitrogens with one attached hydrogen (secondary N) is 2. The van der Waals surface area contributed by atoms with Gasteiger partial charge in [0.1, 0.15) is 17.2 Å². The number of rotatable bonds is 10. The molecule has 8 heteroatoms. The number of fused-ring (bicyclic) bond motifs is 1. The molecule has 0 bridgehead atoms. The Kier molecular flexibility index (Phi) is 18.5. The molecule has 2 N–H and O–H groups in total. The number of ketones is 1. The van der Waals surface area contributed by atoms with Crippen molar-refractivity contribution >= 4 is 39.4 Å². The topological polar surface area (TPSA) is 81.1 Å². The second kappa shape index (κ2) is 20.9. The molecule has 0 saturated carbocycles. The Morgan fingerprint density at radius 2 is 1.72 bits per heavy atom. The van der Waals surface area contributed by atoms with Gasteiger partial charge >= 0.3 is 0 Å². The third-order valence-corrected chi connectivity index (χ3v) is 7.21. The van der Waals surface area contributed by atoms with Crippen molar-refractivity contribution in [2.45, 2.75) is 100 Å². The summed E-state index contributed by atoms with van der Waals surface area (Å²) in [6.45, 7) is 19.8. The maximum absolute atomic E-state index is 11.5. The van der Waals surface area contributed by atoms with Crippen molar-refractivity contribution in [1.29, 1.82) is 0 Å². The fourth-order valence-electron chi connectivity index (χ4n) is 3.99. The highest BCUT2D eigenvalue weighted by molar-refractivity contribution is 9.10. The van der Waals surface area contributed by atoms with Crippen LogP contribution in [0, 0.1) is 5.92 Å². The van der Waals surface area contributed by atoms with E-state index in [1.807, 2.05) is 51.2 Å². The van der Waals surface area contributed by atoms with Crippen molar-refractivity contribution in [2.24, 2.45) is 13.0 Å². The van der Waals surface area contributed by atoms with Crippen LogP contribution in [-0.2, 0) is 13.5 Å². The minimum absolute atomic E-state index is 0.0845. The van der Waals surface area contributed by atoms with E-state index < -0.39 is 0 Å². The average Bonchev–Trinajstić information content (AvgIpc) is 3.30. The Bertz CT molecular complexity index is 1250. The van der Waals surface area contributed by atoms with Crippen LogP contribution in [0.1, 0.15) is 110 Å². The summed E-state index contributed by atoms with van der Waals surface area (Å²) < 4.78 is 9.09. The van der Waals surface area contributed by atoms with Crippen molar-refractivity contribution < 1.29 is 9.53 Å². The van der Waals surface area contributed by atoms with Crippen molar-refractivity contribution in [3.8, 4) is 5.75 Å². The van der Waals surface area contributed by atoms with Gasteiger partial charge in [0.15, 0.2) is 5.78 Å². The van der Waals surface area contributed by atoms with Gasteiger partial charge in [0.2, 0.25) is 5.95 Å². The lowest BCUT2D eigenvalue weighted by Gasteiger charge is -2.15. The molecule has 238 valence electrons. The lowest BCUT2D eigenvalue weighted by molar-refractivity contribution is 0.101. The number of halogens is 1. The number of nitrogens with zero attached hydrogens (tertiary/aromatic N) is 3. The Morgan fingerprint density at radius 3 is 2.28 bits per heavy atom. The quantitative estimate of drug-likeness (QED) is 0.212. The molecule has 0 radical (unpaired) electrons. The molecule has 0 aliphatic heterocycles. The Morgan fingerprint density at radius 1 is 1.07 bits per heavy atom. The number of Topliss-reactive ketones (excluding diaryl/α,β-unsaturated/α-hetero) is 1. The average molecular weight is 657 g/mol. The van der Waals surface area contributed by atoms with E-state index >= 15 is 0 Å². The van der Waals surface area contributed by atoms with E-state index in [-0.39, 0.29) is 5.78 Å². The standard InChI is InChI=1S/C21H19BrN4O2.C7H17N.C5H12.C2H6/c1-13(27)18-11-17(9-10-23-18)28-16-7-8-20-19(12-16)25-21(26(20)2)24-15-5-3-14(22)4-6-15;1-4-6-7(3)8-5-2;1-4-5(2)3;1-2/h3-6,9-12H,7-8H2,1-2H3,(H,24,25);7-8H,4-6H2,1-3H3;5H,4H2,1-3H3;1-2H3. The van der Waals surface area contributed by atoms with Gasteiger partial charge in [-0.2, -0.15) is 0 Å². The minimum Gasteiger partial charge on any atom is -0.462 e. The van der Waals surface area contributed by atoms with Crippen LogP contribution >= 0.6 is 15.9 Å². The molecule has 1 aliphatic carbocycles. The summed E-state index contributed by atoms with van der Waals surface area (Å²) in [4.78, 5) is 20.3. The van der Waals surface area contributed by atoms with Gasteiger partial charge in [0.05, 0.1) is 5.69 Å². The van der Waals surface area contributed by atoms with Crippen LogP contribution < -0.4 is 15.4 Å². The fourth-order valence-corrected chi connectivity index (χ4v) is 4.25. The molecule has 1 unspecified atom stereocenters. The number of ether oxygens (including phenoxy) is 1. The van der Waals surface area contributed by atoms with E-state index in [1.54, 1.807) is 18.3 Å². The summed E-state index contributed by atoms with van der Waals surface area (Å²) in [5.41, 5.74) is 3.42. The van der Waals surface area contributed by atoms with Crippen LogP contribution in [0.2, 0.25) is 0 Å². The first-order chi connectivity index (χ1) is 20.6. The van der Waals surface area contributed by atoms with Gasteiger partial charge in [-0.1, -0.05) is 77.2 Å². The maximum Gasteiger partial charge on any atom is 0.207 e. The normalized spacial score (nSPS) is 12.2. The number of carbonyl (C=O) groups excluding carboxylic acids is 1. The number of hydrogen-bond donors (Lipinski definition) is 2. The van der Waals surface area contributed by atoms with E-state index in [0.29, 0.717) is 17.5 Å². The molecule has 4 rings (SSSR count). The molecule has 0 amide bonds. The van der Waals surface area contributed by atoms with Crippen LogP contribution in [0.4, 0.5) is 11.6 Å². The Labute approximate surface area is 269 Å². The van der Waals surface area contributed by atoms with Gasteiger partial charge in [0.25, 0.3) is 0 Å². The molecule has 2 aromatic heterocycles. The monoisotopic (exact) mass is 655 g/mol. The molecular weight excluding hydrogens is 602 g/mol. The first-order valence-corrected chi connectivity index (χ1v) is 16.5. The highest BCUT2D eigenvalue weighted by atomic mass is 79.9. The van der Waals surface area contributed by atoms with E-state index in [4.69, 9.17) is 9.72 Å². The van der Waals surface area contributed by atoms with Crippen molar-refractivity contribution in [2.75, 3.05) is 11.9 Å². The van der Waals surface area contributed by atoms with E-state index in [0.717, 1.165) is 58.6 Å². The number of carbonyl (C=O) groups is 1. The van der Waals surface area contributed by atoms with E-state index in [1.165, 1.54) is 26.2 Å². The van der Waals surface area contributed by atoms with Crippen LogP contribution in [0.3, 0.4) is 0 Å². The van der Waals surface area contributed by atoms with Gasteiger partial charge in [0, 0.05) is 60.6 Å². The van der Waals surface area contributed by atoms with Crippen LogP contribution in [-0.4, -0.2) is 32.9 Å². The third kappa shape index (κ3) is 13.9. The third-order valence-electron chi connectivity index (χ3n) is 6.68. The van der Waals surface area contributed by atoms with Gasteiger partial charge in [-0.15, -0.1) is 0 Å². The second-order valence-corrected chi connectivity index (χ2v) is 11.6. The number of aromatic nitrogens is 3. The molecule has 0 fully saturated rings. The molecule has 1 aliphatic rings. The highest BCUT2D eigenvalue weighted by Crippen LogP contribution is 2.29. The number of pyridine rings is 1. The number of allylic oxidation sites excluding steroid dienone is 1. The van der Waals surface area contributed by atoms with Crippen molar-refractivity contribution in [3.63, 3.8) is 0 Å². The zero-order chi connectivity index (χ0) is 32.4. The van der Waals surface area contributed by atoms with Gasteiger partial charge in [-0.25, -0.2) is 4.98 Å².